The van der Waals surface area contributed by atoms with Crippen LogP contribution in [0.4, 0.5) is 0 Å². The first kappa shape index (κ1) is 16.1. The minimum atomic E-state index is -0.618. The molecule has 1 N–H and O–H groups in total. The topological polar surface area (TPSA) is 44.7 Å². The summed E-state index contributed by atoms with van der Waals surface area (Å²) in [4.78, 5) is 20.9. The van der Waals surface area contributed by atoms with Crippen LogP contribution in [-0.2, 0) is 10.3 Å². The molecule has 1 unspecified atom stereocenters. The van der Waals surface area contributed by atoms with E-state index in [4.69, 9.17) is 4.99 Å². The van der Waals surface area contributed by atoms with Gasteiger partial charge < -0.3 is 5.32 Å². The van der Waals surface area contributed by atoms with E-state index in [9.17, 15) is 4.79 Å². The molecule has 5 fully saturated rings. The van der Waals surface area contributed by atoms with Crippen LogP contribution in [0.1, 0.15) is 57.4 Å². The van der Waals surface area contributed by atoms with Crippen molar-refractivity contribution in [2.45, 2.75) is 63.5 Å². The van der Waals surface area contributed by atoms with Crippen molar-refractivity contribution in [3.63, 3.8) is 0 Å². The lowest BCUT2D eigenvalue weighted by molar-refractivity contribution is -0.151. The Morgan fingerprint density at radius 2 is 1.67 bits per heavy atom. The van der Waals surface area contributed by atoms with E-state index in [0.717, 1.165) is 42.2 Å². The third-order valence-corrected chi connectivity index (χ3v) is 8.27. The van der Waals surface area contributed by atoms with Gasteiger partial charge >= 0.3 is 0 Å². The molecule has 1 amide bonds. The summed E-state index contributed by atoms with van der Waals surface area (Å²) in [7, 11) is 0. The highest BCUT2D eigenvalue weighted by Crippen LogP contribution is 2.66. The molecule has 4 nitrogen and oxygen atoms in total. The Bertz CT molecular complexity index is 781. The maximum atomic E-state index is 14.1. The third kappa shape index (κ3) is 2.05. The Kier molecular flexibility index (Phi) is 3.21. The summed E-state index contributed by atoms with van der Waals surface area (Å²) in [5.74, 6) is 3.53. The number of nitrogens with zero attached hydrogens (tertiary/aromatic N) is 2. The molecule has 2 aliphatic heterocycles. The lowest BCUT2D eigenvalue weighted by Crippen LogP contribution is -2.63. The predicted molar refractivity (Wildman–Crippen MR) is 105 cm³/mol. The number of benzene rings is 1. The van der Waals surface area contributed by atoms with Crippen LogP contribution < -0.4 is 5.32 Å². The van der Waals surface area contributed by atoms with Crippen LogP contribution in [0.25, 0.3) is 0 Å². The van der Waals surface area contributed by atoms with Crippen LogP contribution in [0.15, 0.2) is 35.3 Å². The molecule has 0 radical (unpaired) electrons. The highest BCUT2D eigenvalue weighted by atomic mass is 16.2. The first-order valence-electron chi connectivity index (χ1n) is 10.8. The predicted octanol–water partition coefficient (Wildman–Crippen LogP) is 3.68. The molecule has 1 saturated heterocycles. The van der Waals surface area contributed by atoms with Crippen molar-refractivity contribution in [1.29, 1.82) is 0 Å². The summed E-state index contributed by atoms with van der Waals surface area (Å²) >= 11 is 0. The number of hydrogen-bond acceptors (Lipinski definition) is 3. The lowest BCUT2D eigenvalue weighted by Gasteiger charge is -2.62. The minimum absolute atomic E-state index is 0.0449. The van der Waals surface area contributed by atoms with Crippen LogP contribution in [0, 0.1) is 23.2 Å². The van der Waals surface area contributed by atoms with Gasteiger partial charge in [0.05, 0.1) is 6.04 Å². The van der Waals surface area contributed by atoms with Crippen molar-refractivity contribution < 1.29 is 4.79 Å². The van der Waals surface area contributed by atoms with Crippen LogP contribution in [-0.4, -0.2) is 29.4 Å². The summed E-state index contributed by atoms with van der Waals surface area (Å²) in [6, 6.07) is 10.9. The van der Waals surface area contributed by atoms with Crippen LogP contribution in [0.5, 0.6) is 0 Å². The number of carbonyl (C=O) groups excluding carboxylic acids is 1. The number of aliphatic imine (C=N–C) groups is 1. The van der Waals surface area contributed by atoms with Gasteiger partial charge in [-0.3, -0.25) is 9.69 Å². The normalized spacial score (nSPS) is 44.9. The summed E-state index contributed by atoms with van der Waals surface area (Å²) in [5.41, 5.74) is 0.581. The van der Waals surface area contributed by atoms with E-state index in [-0.39, 0.29) is 11.3 Å². The first-order chi connectivity index (χ1) is 13.1. The molecule has 142 valence electrons. The first-order valence-corrected chi connectivity index (χ1v) is 10.8. The summed E-state index contributed by atoms with van der Waals surface area (Å²) in [5, 5.41) is 3.79. The van der Waals surface area contributed by atoms with Crippen LogP contribution in [0.3, 0.4) is 0 Å². The van der Waals surface area contributed by atoms with Gasteiger partial charge in [-0.1, -0.05) is 30.3 Å². The van der Waals surface area contributed by atoms with E-state index in [1.54, 1.807) is 0 Å². The molecule has 2 heterocycles. The zero-order chi connectivity index (χ0) is 18.2. The number of nitrogens with one attached hydrogen (secondary N) is 1. The van der Waals surface area contributed by atoms with Gasteiger partial charge in [-0.15, -0.1) is 0 Å². The molecular formula is C23H29N3O. The molecule has 6 aliphatic rings. The molecule has 0 spiro atoms. The van der Waals surface area contributed by atoms with Crippen molar-refractivity contribution in [1.82, 2.24) is 10.2 Å². The molecule has 4 heteroatoms. The maximum Gasteiger partial charge on any atom is 0.260 e. The fourth-order valence-electron chi connectivity index (χ4n) is 7.61. The molecule has 2 atom stereocenters. The third-order valence-electron chi connectivity index (χ3n) is 8.27. The number of rotatable bonds is 2. The summed E-state index contributed by atoms with van der Waals surface area (Å²) in [6.45, 7) is 2.95. The molecular weight excluding hydrogens is 334 g/mol. The van der Waals surface area contributed by atoms with Crippen molar-refractivity contribution in [3.8, 4) is 0 Å². The standard InChI is InChI=1S/C23H29N3O/c1-15-7-8-26-20(27)23(25-21(26)24-15,19-5-3-2-4-6-19)22-12-16-9-17(13-22)11-18(10-16)14-22/h2-6,15-18H,7-14H2,1H3,(H,24,25)/t15?,16?,17?,18?,22?,23-/m1/s1. The van der Waals surface area contributed by atoms with Gasteiger partial charge in [0.25, 0.3) is 5.91 Å². The van der Waals surface area contributed by atoms with E-state index in [2.05, 4.69) is 42.6 Å². The summed E-state index contributed by atoms with van der Waals surface area (Å²) in [6.07, 6.45) is 8.72. The number of hydrogen-bond donors (Lipinski definition) is 1. The largest absolute Gasteiger partial charge is 0.337 e. The van der Waals surface area contributed by atoms with E-state index in [1.165, 1.54) is 38.5 Å². The van der Waals surface area contributed by atoms with E-state index in [1.807, 2.05) is 4.90 Å². The highest BCUT2D eigenvalue weighted by molar-refractivity contribution is 6.10. The molecule has 1 aromatic rings. The van der Waals surface area contributed by atoms with Crippen molar-refractivity contribution in [2.24, 2.45) is 28.2 Å². The van der Waals surface area contributed by atoms with E-state index >= 15 is 0 Å². The van der Waals surface area contributed by atoms with Gasteiger partial charge in [-0.05, 0) is 75.2 Å². The zero-order valence-corrected chi connectivity index (χ0v) is 16.2. The second-order valence-corrected chi connectivity index (χ2v) is 9.99. The van der Waals surface area contributed by atoms with Crippen molar-refractivity contribution >= 4 is 11.9 Å². The molecule has 7 rings (SSSR count). The Morgan fingerprint density at radius 1 is 1.04 bits per heavy atom. The second kappa shape index (κ2) is 5.36. The van der Waals surface area contributed by atoms with Gasteiger partial charge in [0.2, 0.25) is 5.96 Å². The lowest BCUT2D eigenvalue weighted by atomic mass is 9.43. The number of carbonyl (C=O) groups is 1. The van der Waals surface area contributed by atoms with Crippen LogP contribution >= 0.6 is 0 Å². The Balaban J connectivity index is 1.54. The Labute approximate surface area is 161 Å². The van der Waals surface area contributed by atoms with Gasteiger partial charge in [-0.25, -0.2) is 4.99 Å². The number of fused-ring (bicyclic) bond motifs is 1. The van der Waals surface area contributed by atoms with Gasteiger partial charge in [0.1, 0.15) is 0 Å². The highest BCUT2D eigenvalue weighted by Gasteiger charge is 2.68. The Hall–Kier alpha value is -1.84. The van der Waals surface area contributed by atoms with Gasteiger partial charge in [0.15, 0.2) is 5.54 Å². The van der Waals surface area contributed by atoms with Crippen molar-refractivity contribution in [2.75, 3.05) is 6.54 Å². The average Bonchev–Trinajstić information content (AvgIpc) is 2.95. The second-order valence-electron chi connectivity index (χ2n) is 9.99. The average molecular weight is 364 g/mol. The van der Waals surface area contributed by atoms with E-state index in [0.29, 0.717) is 6.04 Å². The monoisotopic (exact) mass is 363 g/mol. The molecule has 27 heavy (non-hydrogen) atoms. The molecule has 1 aromatic carbocycles. The quantitative estimate of drug-likeness (QED) is 0.871. The van der Waals surface area contributed by atoms with Crippen molar-refractivity contribution in [3.05, 3.63) is 35.9 Å². The summed E-state index contributed by atoms with van der Waals surface area (Å²) < 4.78 is 0. The van der Waals surface area contributed by atoms with Gasteiger partial charge in [0, 0.05) is 12.0 Å². The van der Waals surface area contributed by atoms with Crippen LogP contribution in [0.2, 0.25) is 0 Å². The maximum absolute atomic E-state index is 14.1. The molecule has 0 aromatic heterocycles. The fraction of sp³-hybridized carbons (Fsp3) is 0.652. The smallest absolute Gasteiger partial charge is 0.260 e. The van der Waals surface area contributed by atoms with Gasteiger partial charge in [-0.2, -0.15) is 0 Å². The van der Waals surface area contributed by atoms with E-state index < -0.39 is 5.54 Å². The Morgan fingerprint density at radius 3 is 2.30 bits per heavy atom. The number of guanidine groups is 1. The number of amides is 1. The molecule has 4 bridgehead atoms. The molecule has 4 aliphatic carbocycles. The fourth-order valence-corrected chi connectivity index (χ4v) is 7.61. The SMILES string of the molecule is CC1CCN2C(=O)[C@](c3ccccc3)(C34CC5CC(CC(C5)C3)C4)NC2=N1. The zero-order valence-electron chi connectivity index (χ0n) is 16.2. The minimum Gasteiger partial charge on any atom is -0.337 e. The molecule has 4 saturated carbocycles.